The minimum atomic E-state index is -0.326. The molecule has 0 atom stereocenters. The van der Waals surface area contributed by atoms with Gasteiger partial charge in [0.1, 0.15) is 5.75 Å². The van der Waals surface area contributed by atoms with Gasteiger partial charge in [0.2, 0.25) is 0 Å². The van der Waals surface area contributed by atoms with Crippen molar-refractivity contribution in [3.63, 3.8) is 0 Å². The van der Waals surface area contributed by atoms with Crippen LogP contribution in [0.2, 0.25) is 0 Å². The Kier molecular flexibility index (Phi) is 3.35. The van der Waals surface area contributed by atoms with E-state index in [1.807, 2.05) is 32.0 Å². The van der Waals surface area contributed by atoms with Gasteiger partial charge in [0.05, 0.1) is 20.8 Å². The second-order valence-electron chi connectivity index (χ2n) is 4.89. The van der Waals surface area contributed by atoms with Crippen LogP contribution >= 0.6 is 11.3 Å². The van der Waals surface area contributed by atoms with Crippen LogP contribution in [0, 0.1) is 13.8 Å². The average Bonchev–Trinajstić information content (AvgIpc) is 2.77. The van der Waals surface area contributed by atoms with Gasteiger partial charge in [-0.25, -0.2) is 4.98 Å². The summed E-state index contributed by atoms with van der Waals surface area (Å²) in [7, 11) is 0. The van der Waals surface area contributed by atoms with Crippen molar-refractivity contribution in [1.29, 1.82) is 0 Å². The molecule has 2 aromatic carbocycles. The Hall–Kier alpha value is -2.40. The molecule has 3 rings (SSSR count). The van der Waals surface area contributed by atoms with Crippen LogP contribution in [0.4, 0.5) is 5.69 Å². The molecular formula is C16H14N2O2S. The molecule has 1 amide bonds. The molecule has 2 N–H and O–H groups in total. The number of phenols is 1. The van der Waals surface area contributed by atoms with Crippen LogP contribution in [-0.2, 0) is 0 Å². The van der Waals surface area contributed by atoms with Gasteiger partial charge < -0.3 is 10.4 Å². The van der Waals surface area contributed by atoms with Crippen molar-refractivity contribution in [1.82, 2.24) is 4.98 Å². The van der Waals surface area contributed by atoms with E-state index in [4.69, 9.17) is 0 Å². The Labute approximate surface area is 126 Å². The smallest absolute Gasteiger partial charge is 0.259 e. The molecule has 0 radical (unpaired) electrons. The molecule has 1 aromatic heterocycles. The van der Waals surface area contributed by atoms with Crippen molar-refractivity contribution >= 4 is 33.1 Å². The monoisotopic (exact) mass is 298 g/mol. The van der Waals surface area contributed by atoms with Crippen LogP contribution in [-0.4, -0.2) is 16.0 Å². The molecule has 0 bridgehead atoms. The van der Waals surface area contributed by atoms with Crippen molar-refractivity contribution in [3.8, 4) is 5.75 Å². The maximum Gasteiger partial charge on any atom is 0.259 e. The van der Waals surface area contributed by atoms with E-state index in [2.05, 4.69) is 10.3 Å². The van der Waals surface area contributed by atoms with Gasteiger partial charge in [-0.05, 0) is 49.7 Å². The maximum absolute atomic E-state index is 12.2. The standard InChI is InChI=1S/C16H14N2O2S/c1-9-3-5-12(14(19)7-9)16(20)18-11-4-6-13-15(8-11)21-10(2)17-13/h3-8,19H,1-2H3,(H,18,20). The number of amides is 1. The van der Waals surface area contributed by atoms with Crippen molar-refractivity contribution < 1.29 is 9.90 Å². The van der Waals surface area contributed by atoms with E-state index in [1.165, 1.54) is 0 Å². The maximum atomic E-state index is 12.2. The molecule has 0 spiro atoms. The van der Waals surface area contributed by atoms with E-state index in [9.17, 15) is 9.90 Å². The summed E-state index contributed by atoms with van der Waals surface area (Å²) in [5.74, 6) is -0.338. The zero-order chi connectivity index (χ0) is 15.0. The lowest BCUT2D eigenvalue weighted by Gasteiger charge is -2.07. The van der Waals surface area contributed by atoms with Crippen LogP contribution in [0.15, 0.2) is 36.4 Å². The normalized spacial score (nSPS) is 10.8. The van der Waals surface area contributed by atoms with Crippen LogP contribution < -0.4 is 5.32 Å². The lowest BCUT2D eigenvalue weighted by atomic mass is 10.1. The fourth-order valence-electron chi connectivity index (χ4n) is 2.15. The fourth-order valence-corrected chi connectivity index (χ4v) is 3.02. The van der Waals surface area contributed by atoms with Crippen LogP contribution in [0.1, 0.15) is 20.9 Å². The van der Waals surface area contributed by atoms with Crippen molar-refractivity contribution in [2.24, 2.45) is 0 Å². The van der Waals surface area contributed by atoms with E-state index in [-0.39, 0.29) is 17.2 Å². The zero-order valence-corrected chi connectivity index (χ0v) is 12.5. The van der Waals surface area contributed by atoms with Crippen LogP contribution in [0.5, 0.6) is 5.75 Å². The molecule has 0 unspecified atom stereocenters. The Morgan fingerprint density at radius 2 is 2.00 bits per heavy atom. The highest BCUT2D eigenvalue weighted by atomic mass is 32.1. The quantitative estimate of drug-likeness (QED) is 0.755. The molecule has 106 valence electrons. The summed E-state index contributed by atoms with van der Waals surface area (Å²) < 4.78 is 1.03. The number of phenolic OH excluding ortho intramolecular Hbond substituents is 1. The first-order valence-electron chi connectivity index (χ1n) is 6.51. The van der Waals surface area contributed by atoms with Gasteiger partial charge in [-0.3, -0.25) is 4.79 Å². The topological polar surface area (TPSA) is 62.2 Å². The molecule has 0 saturated carbocycles. The van der Waals surface area contributed by atoms with Crippen molar-refractivity contribution in [2.75, 3.05) is 5.32 Å². The summed E-state index contributed by atoms with van der Waals surface area (Å²) in [6.45, 7) is 3.81. The lowest BCUT2D eigenvalue weighted by Crippen LogP contribution is -2.12. The van der Waals surface area contributed by atoms with Gasteiger partial charge in [0, 0.05) is 5.69 Å². The average molecular weight is 298 g/mol. The highest BCUT2D eigenvalue weighted by Gasteiger charge is 2.12. The summed E-state index contributed by atoms with van der Waals surface area (Å²) in [4.78, 5) is 16.6. The molecule has 0 fully saturated rings. The number of fused-ring (bicyclic) bond motifs is 1. The molecule has 1 heterocycles. The molecule has 5 heteroatoms. The van der Waals surface area contributed by atoms with E-state index in [0.717, 1.165) is 20.8 Å². The molecular weight excluding hydrogens is 284 g/mol. The number of nitrogens with one attached hydrogen (secondary N) is 1. The van der Waals surface area contributed by atoms with Crippen molar-refractivity contribution in [3.05, 3.63) is 52.5 Å². The van der Waals surface area contributed by atoms with Gasteiger partial charge in [0.15, 0.2) is 0 Å². The van der Waals surface area contributed by atoms with E-state index >= 15 is 0 Å². The predicted molar refractivity (Wildman–Crippen MR) is 85.2 cm³/mol. The summed E-state index contributed by atoms with van der Waals surface area (Å²) in [6, 6.07) is 10.6. The fraction of sp³-hybridized carbons (Fsp3) is 0.125. The van der Waals surface area contributed by atoms with Gasteiger partial charge in [-0.1, -0.05) is 6.07 Å². The SMILES string of the molecule is Cc1ccc(C(=O)Nc2ccc3nc(C)sc3c2)c(O)c1. The second-order valence-corrected chi connectivity index (χ2v) is 6.12. The number of aromatic nitrogens is 1. The molecule has 21 heavy (non-hydrogen) atoms. The van der Waals surface area contributed by atoms with Gasteiger partial charge in [0.25, 0.3) is 5.91 Å². The Bertz CT molecular complexity index is 839. The van der Waals surface area contributed by atoms with Crippen LogP contribution in [0.3, 0.4) is 0 Å². The number of nitrogens with zero attached hydrogens (tertiary/aromatic N) is 1. The van der Waals surface area contributed by atoms with E-state index in [0.29, 0.717) is 5.69 Å². The number of aromatic hydroxyl groups is 1. The second kappa shape index (κ2) is 5.18. The number of thiazole rings is 1. The minimum absolute atomic E-state index is 0.0118. The van der Waals surface area contributed by atoms with Gasteiger partial charge >= 0.3 is 0 Å². The lowest BCUT2D eigenvalue weighted by molar-refractivity contribution is 0.102. The summed E-state index contributed by atoms with van der Waals surface area (Å²) in [5, 5.41) is 13.6. The number of anilines is 1. The largest absolute Gasteiger partial charge is 0.507 e. The number of hydrogen-bond acceptors (Lipinski definition) is 4. The number of benzene rings is 2. The third-order valence-corrected chi connectivity index (χ3v) is 4.08. The first-order valence-corrected chi connectivity index (χ1v) is 7.33. The number of aryl methyl sites for hydroxylation is 2. The summed E-state index contributed by atoms with van der Waals surface area (Å²) in [5.41, 5.74) is 2.79. The van der Waals surface area contributed by atoms with Crippen molar-refractivity contribution in [2.45, 2.75) is 13.8 Å². The van der Waals surface area contributed by atoms with Gasteiger partial charge in [-0.2, -0.15) is 0 Å². The zero-order valence-electron chi connectivity index (χ0n) is 11.7. The third kappa shape index (κ3) is 2.73. The number of carbonyl (C=O) groups is 1. The molecule has 4 nitrogen and oxygen atoms in total. The Balaban J connectivity index is 1.88. The molecule has 0 aliphatic rings. The minimum Gasteiger partial charge on any atom is -0.507 e. The predicted octanol–water partition coefficient (Wildman–Crippen LogP) is 3.87. The first-order chi connectivity index (χ1) is 10.0. The highest BCUT2D eigenvalue weighted by Crippen LogP contribution is 2.26. The summed E-state index contributed by atoms with van der Waals surface area (Å²) >= 11 is 1.58. The third-order valence-electron chi connectivity index (χ3n) is 3.15. The summed E-state index contributed by atoms with van der Waals surface area (Å²) in [6.07, 6.45) is 0. The van der Waals surface area contributed by atoms with Crippen LogP contribution in [0.25, 0.3) is 10.2 Å². The molecule has 0 aliphatic heterocycles. The molecule has 0 aliphatic carbocycles. The van der Waals surface area contributed by atoms with E-state index < -0.39 is 0 Å². The molecule has 0 saturated heterocycles. The number of hydrogen-bond donors (Lipinski definition) is 2. The molecule has 3 aromatic rings. The Morgan fingerprint density at radius 1 is 1.19 bits per heavy atom. The first kappa shape index (κ1) is 13.6. The number of carbonyl (C=O) groups excluding carboxylic acids is 1. The number of rotatable bonds is 2. The van der Waals surface area contributed by atoms with Gasteiger partial charge in [-0.15, -0.1) is 11.3 Å². The Morgan fingerprint density at radius 3 is 2.76 bits per heavy atom. The van der Waals surface area contributed by atoms with E-state index in [1.54, 1.807) is 29.5 Å². The highest BCUT2D eigenvalue weighted by molar-refractivity contribution is 7.18.